The maximum atomic E-state index is 12.4. The van der Waals surface area contributed by atoms with Crippen LogP contribution < -0.4 is 4.90 Å². The van der Waals surface area contributed by atoms with Crippen molar-refractivity contribution in [3.8, 4) is 0 Å². The van der Waals surface area contributed by atoms with Crippen LogP contribution in [0, 0.1) is 6.92 Å². The van der Waals surface area contributed by atoms with Crippen molar-refractivity contribution < 1.29 is 18.7 Å². The van der Waals surface area contributed by atoms with E-state index in [4.69, 9.17) is 20.8 Å². The summed E-state index contributed by atoms with van der Waals surface area (Å²) in [5, 5.41) is 1.30. The summed E-state index contributed by atoms with van der Waals surface area (Å²) in [6.45, 7) is 3.68. The van der Waals surface area contributed by atoms with Crippen molar-refractivity contribution in [2.24, 2.45) is 0 Å². The Morgan fingerprint density at radius 2 is 1.90 bits per heavy atom. The smallest absolute Gasteiger partial charge is 0.375 e. The van der Waals surface area contributed by atoms with Gasteiger partial charge in [-0.2, -0.15) is 0 Å². The minimum absolute atomic E-state index is 0.0844. The maximum Gasteiger partial charge on any atom is 0.375 e. The monoisotopic (exact) mass is 414 g/mol. The fourth-order valence-corrected chi connectivity index (χ4v) is 3.45. The van der Waals surface area contributed by atoms with Crippen LogP contribution >= 0.6 is 11.6 Å². The number of anilines is 1. The molecule has 29 heavy (non-hydrogen) atoms. The van der Waals surface area contributed by atoms with Gasteiger partial charge in [-0.1, -0.05) is 11.6 Å². The van der Waals surface area contributed by atoms with Gasteiger partial charge >= 0.3 is 5.97 Å². The summed E-state index contributed by atoms with van der Waals surface area (Å²) in [6.07, 6.45) is 3.38. The van der Waals surface area contributed by atoms with Crippen molar-refractivity contribution in [3.63, 3.8) is 0 Å². The van der Waals surface area contributed by atoms with Gasteiger partial charge in [-0.25, -0.2) is 14.8 Å². The van der Waals surface area contributed by atoms with E-state index in [1.54, 1.807) is 48.5 Å². The third-order valence-electron chi connectivity index (χ3n) is 4.88. The normalized spacial score (nSPS) is 14.3. The molecule has 0 atom stereocenters. The van der Waals surface area contributed by atoms with Crippen molar-refractivity contribution in [2.45, 2.75) is 6.92 Å². The van der Waals surface area contributed by atoms with Crippen molar-refractivity contribution in [2.75, 3.05) is 37.7 Å². The van der Waals surface area contributed by atoms with Crippen LogP contribution in [0.1, 0.15) is 16.1 Å². The standard InChI is InChI=1S/C20H19ClN4O4/c1-13-15-11-14(21)3-4-16(15)29-18(13)19(27)28-12-17(26)24-7-9-25(10-8-24)20-22-5-2-6-23-20/h2-6,11H,7-10,12H2,1H3. The number of carbonyl (C=O) groups excluding carboxylic acids is 2. The average Bonchev–Trinajstić information content (AvgIpc) is 3.08. The second-order valence-electron chi connectivity index (χ2n) is 6.69. The summed E-state index contributed by atoms with van der Waals surface area (Å²) < 4.78 is 10.8. The molecule has 1 aliphatic rings. The van der Waals surface area contributed by atoms with E-state index in [0.717, 1.165) is 5.39 Å². The predicted molar refractivity (Wildman–Crippen MR) is 107 cm³/mol. The van der Waals surface area contributed by atoms with Gasteiger partial charge in [0.25, 0.3) is 5.91 Å². The Morgan fingerprint density at radius 1 is 1.17 bits per heavy atom. The number of aryl methyl sites for hydroxylation is 1. The van der Waals surface area contributed by atoms with Gasteiger partial charge in [-0.05, 0) is 31.2 Å². The molecule has 0 N–H and O–H groups in total. The largest absolute Gasteiger partial charge is 0.450 e. The van der Waals surface area contributed by atoms with Gasteiger partial charge in [0.15, 0.2) is 6.61 Å². The van der Waals surface area contributed by atoms with Crippen LogP contribution in [0.4, 0.5) is 5.95 Å². The molecule has 4 rings (SSSR count). The molecule has 8 nitrogen and oxygen atoms in total. The fourth-order valence-electron chi connectivity index (χ4n) is 3.28. The van der Waals surface area contributed by atoms with Gasteiger partial charge < -0.3 is 19.0 Å². The molecule has 1 amide bonds. The number of rotatable bonds is 4. The third kappa shape index (κ3) is 4.02. The highest BCUT2D eigenvalue weighted by Crippen LogP contribution is 2.28. The minimum Gasteiger partial charge on any atom is -0.450 e. The van der Waals surface area contributed by atoms with Crippen LogP contribution in [0.3, 0.4) is 0 Å². The number of piperazine rings is 1. The number of furan rings is 1. The zero-order chi connectivity index (χ0) is 20.4. The van der Waals surface area contributed by atoms with E-state index >= 15 is 0 Å². The summed E-state index contributed by atoms with van der Waals surface area (Å²) in [6, 6.07) is 6.87. The third-order valence-corrected chi connectivity index (χ3v) is 5.11. The quantitative estimate of drug-likeness (QED) is 0.606. The second-order valence-corrected chi connectivity index (χ2v) is 7.13. The average molecular weight is 415 g/mol. The van der Waals surface area contributed by atoms with Crippen molar-refractivity contribution in [1.29, 1.82) is 0 Å². The molecule has 0 aliphatic carbocycles. The number of esters is 1. The van der Waals surface area contributed by atoms with Crippen LogP contribution in [-0.4, -0.2) is 59.5 Å². The molecule has 1 saturated heterocycles. The van der Waals surface area contributed by atoms with E-state index < -0.39 is 5.97 Å². The first-order chi connectivity index (χ1) is 14.0. The molecule has 0 unspecified atom stereocenters. The Morgan fingerprint density at radius 3 is 2.62 bits per heavy atom. The molecular formula is C20H19ClN4O4. The van der Waals surface area contributed by atoms with Gasteiger partial charge in [0.05, 0.1) is 0 Å². The Balaban J connectivity index is 1.33. The SMILES string of the molecule is Cc1c(C(=O)OCC(=O)N2CCN(c3ncccn3)CC2)oc2ccc(Cl)cc12. The number of hydrogen-bond donors (Lipinski definition) is 0. The van der Waals surface area contributed by atoms with Crippen LogP contribution in [0.25, 0.3) is 11.0 Å². The lowest BCUT2D eigenvalue weighted by molar-refractivity contribution is -0.134. The number of nitrogens with zero attached hydrogens (tertiary/aromatic N) is 4. The topological polar surface area (TPSA) is 88.8 Å². The molecule has 0 bridgehead atoms. The molecule has 1 aliphatic heterocycles. The van der Waals surface area contributed by atoms with Gasteiger partial charge in [0.1, 0.15) is 5.58 Å². The lowest BCUT2D eigenvalue weighted by atomic mass is 10.1. The first-order valence-corrected chi connectivity index (χ1v) is 9.56. The molecule has 0 saturated carbocycles. The number of carbonyl (C=O) groups is 2. The molecular weight excluding hydrogens is 396 g/mol. The molecule has 1 aromatic carbocycles. The first kappa shape index (κ1) is 19.2. The molecule has 2 aromatic heterocycles. The van der Waals surface area contributed by atoms with E-state index in [1.165, 1.54) is 0 Å². The summed E-state index contributed by atoms with van der Waals surface area (Å²) >= 11 is 6.00. The van der Waals surface area contributed by atoms with E-state index in [2.05, 4.69) is 9.97 Å². The van der Waals surface area contributed by atoms with Crippen molar-refractivity contribution >= 4 is 40.4 Å². The first-order valence-electron chi connectivity index (χ1n) is 9.18. The van der Waals surface area contributed by atoms with Crippen LogP contribution in [-0.2, 0) is 9.53 Å². The second kappa shape index (κ2) is 8.08. The predicted octanol–water partition coefficient (Wildman–Crippen LogP) is 2.69. The van der Waals surface area contributed by atoms with Gasteiger partial charge in [-0.15, -0.1) is 0 Å². The molecule has 3 heterocycles. The molecule has 9 heteroatoms. The molecule has 1 fully saturated rings. The summed E-state index contributed by atoms with van der Waals surface area (Å²) in [5.74, 6) is -0.184. The lowest BCUT2D eigenvalue weighted by Crippen LogP contribution is -2.50. The maximum absolute atomic E-state index is 12.4. The highest BCUT2D eigenvalue weighted by atomic mass is 35.5. The zero-order valence-corrected chi connectivity index (χ0v) is 16.6. The van der Waals surface area contributed by atoms with Crippen molar-refractivity contribution in [1.82, 2.24) is 14.9 Å². The Labute approximate surface area is 172 Å². The van der Waals surface area contributed by atoms with E-state index in [0.29, 0.717) is 48.3 Å². The number of hydrogen-bond acceptors (Lipinski definition) is 7. The summed E-state index contributed by atoms with van der Waals surface area (Å²) in [7, 11) is 0. The molecule has 3 aromatic rings. The number of benzene rings is 1. The van der Waals surface area contributed by atoms with E-state index in [9.17, 15) is 9.59 Å². The Hall–Kier alpha value is -3.13. The van der Waals surface area contributed by atoms with E-state index in [1.807, 2.05) is 4.90 Å². The number of halogens is 1. The van der Waals surface area contributed by atoms with E-state index in [-0.39, 0.29) is 18.3 Å². The van der Waals surface area contributed by atoms with Crippen molar-refractivity contribution in [3.05, 3.63) is 53.0 Å². The van der Waals surface area contributed by atoms with Gasteiger partial charge in [0.2, 0.25) is 11.7 Å². The number of fused-ring (bicyclic) bond motifs is 1. The van der Waals surface area contributed by atoms with Crippen LogP contribution in [0.5, 0.6) is 0 Å². The molecule has 0 radical (unpaired) electrons. The summed E-state index contributed by atoms with van der Waals surface area (Å²) in [5.41, 5.74) is 1.18. The Bertz CT molecular complexity index is 1050. The highest BCUT2D eigenvalue weighted by Gasteiger charge is 2.25. The minimum atomic E-state index is -0.667. The number of amides is 1. The van der Waals surface area contributed by atoms with Crippen LogP contribution in [0.15, 0.2) is 41.1 Å². The zero-order valence-electron chi connectivity index (χ0n) is 15.8. The Kier molecular flexibility index (Phi) is 5.35. The molecule has 150 valence electrons. The van der Waals surface area contributed by atoms with Crippen LogP contribution in [0.2, 0.25) is 5.02 Å². The summed E-state index contributed by atoms with van der Waals surface area (Å²) in [4.78, 5) is 36.9. The van der Waals surface area contributed by atoms with Gasteiger partial charge in [0, 0.05) is 54.5 Å². The highest BCUT2D eigenvalue weighted by molar-refractivity contribution is 6.31. The number of ether oxygens (including phenoxy) is 1. The number of aromatic nitrogens is 2. The fraction of sp³-hybridized carbons (Fsp3) is 0.300. The van der Waals surface area contributed by atoms with Gasteiger partial charge in [-0.3, -0.25) is 4.79 Å². The lowest BCUT2D eigenvalue weighted by Gasteiger charge is -2.34. The molecule has 0 spiro atoms.